The van der Waals surface area contributed by atoms with Crippen LogP contribution in [0.25, 0.3) is 0 Å². The van der Waals surface area contributed by atoms with E-state index in [0.717, 1.165) is 5.56 Å². The summed E-state index contributed by atoms with van der Waals surface area (Å²) in [5, 5.41) is 7.71. The average Bonchev–Trinajstić information content (AvgIpc) is 3.12. The number of anilines is 1. The summed E-state index contributed by atoms with van der Waals surface area (Å²) in [5.41, 5.74) is 1.32. The lowest BCUT2D eigenvalue weighted by molar-refractivity contribution is -0.129. The number of benzene rings is 2. The molecule has 0 radical (unpaired) electrons. The van der Waals surface area contributed by atoms with E-state index < -0.39 is 38.0 Å². The number of carbonyl (C=O) groups excluding carboxylic acids is 2. The third-order valence-corrected chi connectivity index (χ3v) is 7.89. The van der Waals surface area contributed by atoms with Crippen molar-refractivity contribution in [1.29, 1.82) is 0 Å². The van der Waals surface area contributed by atoms with Gasteiger partial charge in [0, 0.05) is 13.1 Å². The molecule has 10 nitrogen and oxygen atoms in total. The summed E-state index contributed by atoms with van der Waals surface area (Å²) in [7, 11) is -7.14. The van der Waals surface area contributed by atoms with E-state index in [4.69, 9.17) is 9.88 Å². The molecule has 1 aliphatic rings. The Bertz CT molecular complexity index is 1240. The van der Waals surface area contributed by atoms with Gasteiger partial charge in [-0.25, -0.2) is 26.8 Å². The van der Waals surface area contributed by atoms with E-state index in [2.05, 4.69) is 5.32 Å². The third kappa shape index (κ3) is 6.30. The van der Waals surface area contributed by atoms with Gasteiger partial charge >= 0.3 is 5.97 Å². The van der Waals surface area contributed by atoms with E-state index in [9.17, 15) is 26.4 Å². The first-order valence-electron chi connectivity index (χ1n) is 10.2. The molecular weight excluding hydrogens is 470 g/mol. The Labute approximate surface area is 192 Å². The molecule has 1 aliphatic heterocycles. The van der Waals surface area contributed by atoms with E-state index in [0.29, 0.717) is 25.1 Å². The SMILES string of the molecule is CC(OC(=O)c1cccc(N2CCCS2(=O)=O)c1)C(=O)NCCc1ccc(S(N)(=O)=O)cc1. The summed E-state index contributed by atoms with van der Waals surface area (Å²) in [6.45, 7) is 2.03. The van der Waals surface area contributed by atoms with E-state index in [1.165, 1.54) is 35.5 Å². The van der Waals surface area contributed by atoms with Gasteiger partial charge in [0.05, 0.1) is 21.9 Å². The Morgan fingerprint density at radius 3 is 2.48 bits per heavy atom. The second-order valence-electron chi connectivity index (χ2n) is 7.57. The van der Waals surface area contributed by atoms with Gasteiger partial charge in [-0.3, -0.25) is 9.10 Å². The number of carbonyl (C=O) groups is 2. The Hall–Kier alpha value is -2.96. The topological polar surface area (TPSA) is 153 Å². The highest BCUT2D eigenvalue weighted by atomic mass is 32.2. The number of esters is 1. The van der Waals surface area contributed by atoms with Crippen LogP contribution in [-0.4, -0.2) is 53.7 Å². The predicted octanol–water partition coefficient (Wildman–Crippen LogP) is 0.778. The van der Waals surface area contributed by atoms with Gasteiger partial charge in [0.1, 0.15) is 0 Å². The van der Waals surface area contributed by atoms with Crippen LogP contribution in [0.5, 0.6) is 0 Å². The van der Waals surface area contributed by atoms with E-state index in [-0.39, 0.29) is 22.8 Å². The molecule has 1 unspecified atom stereocenters. The molecule has 1 saturated heterocycles. The van der Waals surface area contributed by atoms with Gasteiger partial charge in [-0.2, -0.15) is 0 Å². The summed E-state index contributed by atoms with van der Waals surface area (Å²) < 4.78 is 53.2. The molecule has 1 fully saturated rings. The maximum atomic E-state index is 12.5. The van der Waals surface area contributed by atoms with Crippen molar-refractivity contribution in [2.75, 3.05) is 23.1 Å². The van der Waals surface area contributed by atoms with Gasteiger partial charge in [-0.15, -0.1) is 0 Å². The molecule has 1 amide bonds. The minimum Gasteiger partial charge on any atom is -0.449 e. The standard InChI is InChI=1S/C21H25N3O7S2/c1-15(20(25)23-11-10-16-6-8-19(9-7-16)33(22,29)30)31-21(26)17-4-2-5-18(14-17)24-12-3-13-32(24,27)28/h2,4-9,14-15H,3,10-13H2,1H3,(H,23,25)(H2,22,29,30). The predicted molar refractivity (Wildman–Crippen MR) is 122 cm³/mol. The van der Waals surface area contributed by atoms with Crippen molar-refractivity contribution in [1.82, 2.24) is 5.32 Å². The first kappa shape index (κ1) is 24.7. The van der Waals surface area contributed by atoms with Crippen LogP contribution in [-0.2, 0) is 36.0 Å². The summed E-state index contributed by atoms with van der Waals surface area (Å²) in [6.07, 6.45) is -0.116. The molecule has 2 aromatic rings. The van der Waals surface area contributed by atoms with Crippen molar-refractivity contribution < 1.29 is 31.2 Å². The molecular formula is C21H25N3O7S2. The fourth-order valence-corrected chi connectivity index (χ4v) is 5.39. The molecule has 33 heavy (non-hydrogen) atoms. The second-order valence-corrected chi connectivity index (χ2v) is 11.1. The lowest BCUT2D eigenvalue weighted by Gasteiger charge is -2.18. The molecule has 3 rings (SSSR count). The van der Waals surface area contributed by atoms with E-state index in [1.807, 2.05) is 0 Å². The van der Waals surface area contributed by atoms with Crippen LogP contribution in [0.3, 0.4) is 0 Å². The number of hydrogen-bond donors (Lipinski definition) is 2. The Kier molecular flexibility index (Phi) is 7.40. The second kappa shape index (κ2) is 9.89. The zero-order valence-electron chi connectivity index (χ0n) is 17.9. The molecule has 2 aromatic carbocycles. The first-order chi connectivity index (χ1) is 15.5. The van der Waals surface area contributed by atoms with Gasteiger partial charge < -0.3 is 10.1 Å². The van der Waals surface area contributed by atoms with Crippen LogP contribution in [0.2, 0.25) is 0 Å². The minimum atomic E-state index is -3.76. The van der Waals surface area contributed by atoms with Gasteiger partial charge in [0.25, 0.3) is 5.91 Å². The van der Waals surface area contributed by atoms with Crippen molar-refractivity contribution in [2.45, 2.75) is 30.8 Å². The minimum absolute atomic E-state index is 0.00206. The zero-order chi connectivity index (χ0) is 24.2. The number of hydrogen-bond acceptors (Lipinski definition) is 7. The number of sulfonamides is 2. The van der Waals surface area contributed by atoms with Crippen molar-refractivity contribution in [3.63, 3.8) is 0 Å². The summed E-state index contributed by atoms with van der Waals surface area (Å²) in [6, 6.07) is 12.1. The lowest BCUT2D eigenvalue weighted by atomic mass is 10.1. The van der Waals surface area contributed by atoms with Crippen molar-refractivity contribution in [2.24, 2.45) is 5.14 Å². The molecule has 3 N–H and O–H groups in total. The molecule has 0 bridgehead atoms. The van der Waals surface area contributed by atoms with Gasteiger partial charge in [-0.1, -0.05) is 18.2 Å². The van der Waals surface area contributed by atoms with Crippen molar-refractivity contribution >= 4 is 37.6 Å². The maximum Gasteiger partial charge on any atom is 0.338 e. The molecule has 0 aromatic heterocycles. The number of nitrogens with two attached hydrogens (primary N) is 1. The van der Waals surface area contributed by atoms with Crippen LogP contribution in [0, 0.1) is 0 Å². The highest BCUT2D eigenvalue weighted by molar-refractivity contribution is 7.93. The molecule has 0 aliphatic carbocycles. The fraction of sp³-hybridized carbons (Fsp3) is 0.333. The lowest BCUT2D eigenvalue weighted by Crippen LogP contribution is -2.37. The van der Waals surface area contributed by atoms with Crippen molar-refractivity contribution in [3.05, 3.63) is 59.7 Å². The normalized spacial score (nSPS) is 16.2. The summed E-state index contributed by atoms with van der Waals surface area (Å²) in [4.78, 5) is 24.7. The van der Waals surface area contributed by atoms with Crippen LogP contribution in [0.1, 0.15) is 29.3 Å². The molecule has 1 heterocycles. The monoisotopic (exact) mass is 495 g/mol. The van der Waals surface area contributed by atoms with E-state index in [1.54, 1.807) is 24.3 Å². The fourth-order valence-electron chi connectivity index (χ4n) is 3.32. The van der Waals surface area contributed by atoms with Crippen molar-refractivity contribution in [3.8, 4) is 0 Å². The number of ether oxygens (including phenoxy) is 1. The average molecular weight is 496 g/mol. The Balaban J connectivity index is 1.52. The van der Waals surface area contributed by atoms with Gasteiger partial charge in [0.15, 0.2) is 6.10 Å². The zero-order valence-corrected chi connectivity index (χ0v) is 19.6. The van der Waals surface area contributed by atoms with Crippen LogP contribution in [0.4, 0.5) is 5.69 Å². The first-order valence-corrected chi connectivity index (χ1v) is 13.3. The summed E-state index contributed by atoms with van der Waals surface area (Å²) in [5.74, 6) is -1.17. The number of nitrogens with zero attached hydrogens (tertiary/aromatic N) is 1. The number of amides is 1. The highest BCUT2D eigenvalue weighted by Crippen LogP contribution is 2.25. The van der Waals surface area contributed by atoms with Crippen LogP contribution >= 0.6 is 0 Å². The smallest absolute Gasteiger partial charge is 0.338 e. The molecule has 0 spiro atoms. The number of primary sulfonamides is 1. The van der Waals surface area contributed by atoms with Crippen LogP contribution < -0.4 is 14.8 Å². The summed E-state index contributed by atoms with van der Waals surface area (Å²) >= 11 is 0. The number of nitrogens with one attached hydrogen (secondary N) is 1. The Morgan fingerprint density at radius 2 is 1.88 bits per heavy atom. The quantitative estimate of drug-likeness (QED) is 0.513. The number of rotatable bonds is 8. The largest absolute Gasteiger partial charge is 0.449 e. The Morgan fingerprint density at radius 1 is 1.18 bits per heavy atom. The van der Waals surface area contributed by atoms with Crippen LogP contribution in [0.15, 0.2) is 53.4 Å². The third-order valence-electron chi connectivity index (χ3n) is 5.09. The molecule has 12 heteroatoms. The van der Waals surface area contributed by atoms with Gasteiger partial charge in [0.2, 0.25) is 20.0 Å². The maximum absolute atomic E-state index is 12.5. The highest BCUT2D eigenvalue weighted by Gasteiger charge is 2.29. The molecule has 1 atom stereocenters. The van der Waals surface area contributed by atoms with E-state index >= 15 is 0 Å². The molecule has 0 saturated carbocycles. The van der Waals surface area contributed by atoms with Gasteiger partial charge in [-0.05, 0) is 55.7 Å². The molecule has 178 valence electrons.